The second kappa shape index (κ2) is 6.35. The third kappa shape index (κ3) is 2.76. The first-order valence-electron chi connectivity index (χ1n) is 6.97. The van der Waals surface area contributed by atoms with E-state index in [1.807, 2.05) is 11.3 Å². The summed E-state index contributed by atoms with van der Waals surface area (Å²) in [6.45, 7) is 7.86. The lowest BCUT2D eigenvalue weighted by atomic mass is 9.91. The van der Waals surface area contributed by atoms with Gasteiger partial charge in [0, 0.05) is 10.7 Å². The van der Waals surface area contributed by atoms with Crippen molar-refractivity contribution in [1.82, 2.24) is 5.32 Å². The van der Waals surface area contributed by atoms with Crippen molar-refractivity contribution in [2.45, 2.75) is 39.7 Å². The van der Waals surface area contributed by atoms with Gasteiger partial charge < -0.3 is 5.32 Å². The maximum absolute atomic E-state index is 3.67. The van der Waals surface area contributed by atoms with Crippen LogP contribution in [0.5, 0.6) is 0 Å². The van der Waals surface area contributed by atoms with Gasteiger partial charge in [-0.2, -0.15) is 0 Å². The minimum absolute atomic E-state index is 0.492. The fraction of sp³-hybridized carbons (Fsp3) is 0.500. The van der Waals surface area contributed by atoms with E-state index >= 15 is 0 Å². The van der Waals surface area contributed by atoms with Crippen molar-refractivity contribution in [2.75, 3.05) is 6.54 Å². The number of fused-ring (bicyclic) bond motifs is 1. The molecule has 0 aliphatic heterocycles. The van der Waals surface area contributed by atoms with Gasteiger partial charge >= 0.3 is 0 Å². The van der Waals surface area contributed by atoms with Crippen LogP contribution in [0.4, 0.5) is 0 Å². The zero-order valence-corrected chi connectivity index (χ0v) is 12.4. The molecule has 1 N–H and O–H groups in total. The Kier molecular flexibility index (Phi) is 4.79. The first-order chi connectivity index (χ1) is 8.77. The van der Waals surface area contributed by atoms with Crippen LogP contribution < -0.4 is 5.32 Å². The zero-order valence-electron chi connectivity index (χ0n) is 11.6. The summed E-state index contributed by atoms with van der Waals surface area (Å²) in [5.74, 6) is 0.688. The summed E-state index contributed by atoms with van der Waals surface area (Å²) in [6.07, 6.45) is 2.53. The highest BCUT2D eigenvalue weighted by Crippen LogP contribution is 2.34. The van der Waals surface area contributed by atoms with Crippen LogP contribution in [0.3, 0.4) is 0 Å². The quantitative estimate of drug-likeness (QED) is 0.772. The van der Waals surface area contributed by atoms with E-state index in [4.69, 9.17) is 0 Å². The average Bonchev–Trinajstić information content (AvgIpc) is 2.80. The van der Waals surface area contributed by atoms with Crippen LogP contribution in [0.25, 0.3) is 10.1 Å². The van der Waals surface area contributed by atoms with E-state index in [9.17, 15) is 0 Å². The molecule has 0 aliphatic carbocycles. The first-order valence-corrected chi connectivity index (χ1v) is 7.85. The van der Waals surface area contributed by atoms with Gasteiger partial charge in [-0.05, 0) is 41.3 Å². The van der Waals surface area contributed by atoms with Crippen molar-refractivity contribution in [1.29, 1.82) is 0 Å². The lowest BCUT2D eigenvalue weighted by molar-refractivity contribution is 0.372. The van der Waals surface area contributed by atoms with Crippen LogP contribution in [0.1, 0.15) is 45.2 Å². The molecule has 0 saturated carbocycles. The summed E-state index contributed by atoms with van der Waals surface area (Å²) in [5.41, 5.74) is 1.48. The summed E-state index contributed by atoms with van der Waals surface area (Å²) >= 11 is 1.86. The molecule has 0 fully saturated rings. The molecule has 0 saturated heterocycles. The Hall–Kier alpha value is -0.860. The van der Waals surface area contributed by atoms with E-state index in [-0.39, 0.29) is 0 Å². The third-order valence-corrected chi connectivity index (χ3v) is 4.56. The molecule has 2 atom stereocenters. The standard InChI is InChI=1S/C16H23NS/c1-4-8-12(3)16(17-5-2)14-11-18-15-10-7-6-9-13(14)15/h6-7,9-12,16-17H,4-5,8H2,1-3H3. The normalized spacial score (nSPS) is 14.8. The number of thiophene rings is 1. The van der Waals surface area contributed by atoms with E-state index in [2.05, 4.69) is 55.7 Å². The summed E-state index contributed by atoms with van der Waals surface area (Å²) in [6, 6.07) is 9.24. The molecule has 1 aromatic carbocycles. The fourth-order valence-corrected chi connectivity index (χ4v) is 3.70. The Morgan fingerprint density at radius 3 is 2.72 bits per heavy atom. The first kappa shape index (κ1) is 13.6. The lowest BCUT2D eigenvalue weighted by Crippen LogP contribution is -2.26. The van der Waals surface area contributed by atoms with E-state index in [0.717, 1.165) is 6.54 Å². The Morgan fingerprint density at radius 2 is 2.00 bits per heavy atom. The molecule has 0 radical (unpaired) electrons. The predicted molar refractivity (Wildman–Crippen MR) is 82.3 cm³/mol. The minimum atomic E-state index is 0.492. The molecule has 98 valence electrons. The highest BCUT2D eigenvalue weighted by molar-refractivity contribution is 7.17. The smallest absolute Gasteiger partial charge is 0.0360 e. The molecule has 2 rings (SSSR count). The van der Waals surface area contributed by atoms with Gasteiger partial charge in [0.15, 0.2) is 0 Å². The van der Waals surface area contributed by atoms with Crippen molar-refractivity contribution in [3.8, 4) is 0 Å². The molecule has 1 aromatic heterocycles. The molecule has 18 heavy (non-hydrogen) atoms. The highest BCUT2D eigenvalue weighted by atomic mass is 32.1. The van der Waals surface area contributed by atoms with E-state index in [0.29, 0.717) is 12.0 Å². The Balaban J connectivity index is 2.35. The molecule has 1 heterocycles. The van der Waals surface area contributed by atoms with Crippen LogP contribution in [-0.4, -0.2) is 6.54 Å². The largest absolute Gasteiger partial charge is 0.310 e. The number of hydrogen-bond acceptors (Lipinski definition) is 2. The molecular formula is C16H23NS. The van der Waals surface area contributed by atoms with Crippen molar-refractivity contribution in [3.05, 3.63) is 35.2 Å². The van der Waals surface area contributed by atoms with Gasteiger partial charge in [-0.3, -0.25) is 0 Å². The molecule has 0 amide bonds. The Labute approximate surface area is 114 Å². The molecule has 0 spiro atoms. The molecule has 0 aliphatic rings. The third-order valence-electron chi connectivity index (χ3n) is 3.58. The van der Waals surface area contributed by atoms with Crippen molar-refractivity contribution in [2.24, 2.45) is 5.92 Å². The second-order valence-corrected chi connectivity index (χ2v) is 5.90. The average molecular weight is 261 g/mol. The van der Waals surface area contributed by atoms with Crippen LogP contribution >= 0.6 is 11.3 Å². The number of rotatable bonds is 6. The number of hydrogen-bond donors (Lipinski definition) is 1. The van der Waals surface area contributed by atoms with Gasteiger partial charge in [0.25, 0.3) is 0 Å². The van der Waals surface area contributed by atoms with Gasteiger partial charge in [0.2, 0.25) is 0 Å². The second-order valence-electron chi connectivity index (χ2n) is 4.99. The van der Waals surface area contributed by atoms with Crippen LogP contribution in [0.15, 0.2) is 29.6 Å². The van der Waals surface area contributed by atoms with Crippen molar-refractivity contribution in [3.63, 3.8) is 0 Å². The fourth-order valence-electron chi connectivity index (χ4n) is 2.70. The summed E-state index contributed by atoms with van der Waals surface area (Å²) < 4.78 is 1.40. The van der Waals surface area contributed by atoms with Crippen LogP contribution in [0, 0.1) is 5.92 Å². The molecular weight excluding hydrogens is 238 g/mol. The Morgan fingerprint density at radius 1 is 1.22 bits per heavy atom. The van der Waals surface area contributed by atoms with Gasteiger partial charge in [-0.15, -0.1) is 11.3 Å². The lowest BCUT2D eigenvalue weighted by Gasteiger charge is -2.24. The minimum Gasteiger partial charge on any atom is -0.310 e. The summed E-state index contributed by atoms with van der Waals surface area (Å²) in [5, 5.41) is 7.43. The number of benzene rings is 1. The zero-order chi connectivity index (χ0) is 13.0. The molecule has 1 nitrogen and oxygen atoms in total. The summed E-state index contributed by atoms with van der Waals surface area (Å²) in [4.78, 5) is 0. The van der Waals surface area contributed by atoms with Gasteiger partial charge in [0.05, 0.1) is 0 Å². The monoisotopic (exact) mass is 261 g/mol. The van der Waals surface area contributed by atoms with Crippen LogP contribution in [-0.2, 0) is 0 Å². The Bertz CT molecular complexity index is 489. The van der Waals surface area contributed by atoms with Crippen molar-refractivity contribution < 1.29 is 0 Å². The van der Waals surface area contributed by atoms with Gasteiger partial charge in [0.1, 0.15) is 0 Å². The molecule has 2 heteroatoms. The summed E-state index contributed by atoms with van der Waals surface area (Å²) in [7, 11) is 0. The molecule has 2 aromatic rings. The topological polar surface area (TPSA) is 12.0 Å². The van der Waals surface area contributed by atoms with E-state index in [1.165, 1.54) is 28.5 Å². The maximum atomic E-state index is 3.67. The van der Waals surface area contributed by atoms with Crippen molar-refractivity contribution >= 4 is 21.4 Å². The van der Waals surface area contributed by atoms with Gasteiger partial charge in [-0.1, -0.05) is 45.4 Å². The number of nitrogens with one attached hydrogen (secondary N) is 1. The van der Waals surface area contributed by atoms with E-state index < -0.39 is 0 Å². The SMILES string of the molecule is CCCC(C)C(NCC)c1csc2ccccc12. The molecule has 2 unspecified atom stereocenters. The van der Waals surface area contributed by atoms with E-state index in [1.54, 1.807) is 0 Å². The maximum Gasteiger partial charge on any atom is 0.0360 e. The van der Waals surface area contributed by atoms with Gasteiger partial charge in [-0.25, -0.2) is 0 Å². The molecule has 0 bridgehead atoms. The predicted octanol–water partition coefficient (Wildman–Crippen LogP) is 4.99. The highest BCUT2D eigenvalue weighted by Gasteiger charge is 2.20. The van der Waals surface area contributed by atoms with Crippen LogP contribution in [0.2, 0.25) is 0 Å².